The Bertz CT molecular complexity index is 1100. The summed E-state index contributed by atoms with van der Waals surface area (Å²) in [5, 5.41) is 18.7. The van der Waals surface area contributed by atoms with Crippen LogP contribution >= 0.6 is 0 Å². The van der Waals surface area contributed by atoms with E-state index in [1.165, 1.54) is 4.90 Å². The lowest BCUT2D eigenvalue weighted by Crippen LogP contribution is -2.46. The number of carboxylic acids is 1. The van der Waals surface area contributed by atoms with Crippen molar-refractivity contribution >= 4 is 23.7 Å². The summed E-state index contributed by atoms with van der Waals surface area (Å²) in [5.41, 5.74) is 2.61. The molecule has 1 saturated heterocycles. The van der Waals surface area contributed by atoms with Gasteiger partial charge in [-0.25, -0.2) is 9.59 Å². The number of methoxy groups -OCH3 is 1. The molecule has 0 aromatic heterocycles. The van der Waals surface area contributed by atoms with Crippen molar-refractivity contribution in [2.45, 2.75) is 31.5 Å². The molecule has 2 aromatic carbocycles. The third-order valence-corrected chi connectivity index (χ3v) is 6.58. The number of rotatable bonds is 9. The minimum absolute atomic E-state index is 0.00866. The Labute approximate surface area is 209 Å². The minimum atomic E-state index is -1.00. The molecule has 2 unspecified atom stereocenters. The van der Waals surface area contributed by atoms with Crippen LogP contribution in [0.2, 0.25) is 0 Å². The average molecular weight is 499 g/mol. The van der Waals surface area contributed by atoms with Gasteiger partial charge in [-0.1, -0.05) is 18.2 Å². The summed E-state index contributed by atoms with van der Waals surface area (Å²) in [6.45, 7) is 1.84. The highest BCUT2D eigenvalue weighted by molar-refractivity contribution is 5.97. The van der Waals surface area contributed by atoms with Gasteiger partial charge in [-0.15, -0.1) is 0 Å². The number of hydrogen-bond donors (Lipinski definition) is 2. The van der Waals surface area contributed by atoms with E-state index in [0.717, 1.165) is 11.1 Å². The number of likely N-dealkylation sites (tertiary alicyclic amines) is 1. The molecule has 10 nitrogen and oxygen atoms in total. The molecule has 0 saturated carbocycles. The van der Waals surface area contributed by atoms with Crippen LogP contribution in [-0.2, 0) is 20.9 Å². The third-order valence-electron chi connectivity index (χ3n) is 6.58. The molecule has 2 amide bonds. The molecule has 2 aliphatic heterocycles. The number of carbonyl (C=O) groups excluding carboxylic acids is 1. The standard InChI is InChI=1S/C26H30N2O8/c1-34-12-2-10-28-21-13-17(3-8-22(21)36-16-24(28)29)15-35-23-14-27(26(32)33)11-9-20(23)18-4-6-19(7-5-18)25(30)31/h3-8,13,20,23H,2,9-12,14-16H2,1H3,(H,30,31)(H,32,33). The first-order valence-corrected chi connectivity index (χ1v) is 11.8. The van der Waals surface area contributed by atoms with E-state index in [1.807, 2.05) is 18.2 Å². The Morgan fingerprint density at radius 3 is 2.61 bits per heavy atom. The first-order valence-electron chi connectivity index (χ1n) is 11.8. The van der Waals surface area contributed by atoms with E-state index < -0.39 is 18.2 Å². The zero-order valence-electron chi connectivity index (χ0n) is 20.1. The first kappa shape index (κ1) is 25.5. The van der Waals surface area contributed by atoms with Crippen molar-refractivity contribution in [2.75, 3.05) is 44.9 Å². The van der Waals surface area contributed by atoms with Gasteiger partial charge in [0.05, 0.1) is 30.5 Å². The third kappa shape index (κ3) is 5.77. The SMILES string of the molecule is COCCCN1C(=O)COc2ccc(COC3CN(C(=O)O)CCC3c3ccc(C(=O)O)cc3)cc21. The molecule has 36 heavy (non-hydrogen) atoms. The zero-order valence-corrected chi connectivity index (χ0v) is 20.1. The van der Waals surface area contributed by atoms with E-state index in [-0.39, 0.29) is 37.1 Å². The lowest BCUT2D eigenvalue weighted by atomic mass is 9.86. The maximum absolute atomic E-state index is 12.5. The van der Waals surface area contributed by atoms with Crippen molar-refractivity contribution in [1.29, 1.82) is 0 Å². The Hall–Kier alpha value is -3.63. The van der Waals surface area contributed by atoms with Crippen molar-refractivity contribution in [3.05, 3.63) is 59.2 Å². The van der Waals surface area contributed by atoms with Crippen LogP contribution in [0.4, 0.5) is 10.5 Å². The molecule has 2 N–H and O–H groups in total. The monoisotopic (exact) mass is 498 g/mol. The summed E-state index contributed by atoms with van der Waals surface area (Å²) in [7, 11) is 1.62. The Kier molecular flexibility index (Phi) is 8.07. The summed E-state index contributed by atoms with van der Waals surface area (Å²) in [4.78, 5) is 38.3. The van der Waals surface area contributed by atoms with Gasteiger partial charge in [-0.05, 0) is 48.2 Å². The number of carboxylic acid groups (broad SMARTS) is 2. The number of carbonyl (C=O) groups is 3. The van der Waals surface area contributed by atoms with Gasteiger partial charge in [0.1, 0.15) is 5.75 Å². The summed E-state index contributed by atoms with van der Waals surface area (Å²) in [6, 6.07) is 12.2. The van der Waals surface area contributed by atoms with E-state index >= 15 is 0 Å². The van der Waals surface area contributed by atoms with Crippen LogP contribution in [0.1, 0.15) is 40.2 Å². The van der Waals surface area contributed by atoms with Gasteiger partial charge in [-0.3, -0.25) is 4.79 Å². The van der Waals surface area contributed by atoms with Crippen LogP contribution in [0.15, 0.2) is 42.5 Å². The summed E-state index contributed by atoms with van der Waals surface area (Å²) in [6.07, 6.45) is -0.169. The van der Waals surface area contributed by atoms with Crippen molar-refractivity contribution in [3.8, 4) is 5.75 Å². The van der Waals surface area contributed by atoms with Crippen molar-refractivity contribution < 1.29 is 38.8 Å². The molecule has 2 aliphatic rings. The maximum Gasteiger partial charge on any atom is 0.407 e. The fraction of sp³-hybridized carbons (Fsp3) is 0.423. The van der Waals surface area contributed by atoms with E-state index in [0.29, 0.717) is 44.0 Å². The summed E-state index contributed by atoms with van der Waals surface area (Å²) >= 11 is 0. The molecule has 4 rings (SSSR count). The van der Waals surface area contributed by atoms with E-state index in [4.69, 9.17) is 14.2 Å². The van der Waals surface area contributed by atoms with Crippen molar-refractivity contribution in [1.82, 2.24) is 4.90 Å². The number of aromatic carboxylic acids is 1. The Morgan fingerprint density at radius 1 is 1.14 bits per heavy atom. The van der Waals surface area contributed by atoms with Crippen LogP contribution in [-0.4, -0.2) is 79.1 Å². The largest absolute Gasteiger partial charge is 0.482 e. The lowest BCUT2D eigenvalue weighted by Gasteiger charge is -2.37. The van der Waals surface area contributed by atoms with Crippen LogP contribution in [0.3, 0.4) is 0 Å². The molecule has 192 valence electrons. The fourth-order valence-corrected chi connectivity index (χ4v) is 4.67. The predicted octanol–water partition coefficient (Wildman–Crippen LogP) is 3.20. The normalized spacial score (nSPS) is 19.5. The Morgan fingerprint density at radius 2 is 1.92 bits per heavy atom. The van der Waals surface area contributed by atoms with Gasteiger partial charge in [0.25, 0.3) is 5.91 Å². The van der Waals surface area contributed by atoms with E-state index in [9.17, 15) is 24.6 Å². The van der Waals surface area contributed by atoms with Crippen LogP contribution in [0, 0.1) is 0 Å². The fourth-order valence-electron chi connectivity index (χ4n) is 4.67. The molecular formula is C26H30N2O8. The Balaban J connectivity index is 1.51. The molecule has 2 heterocycles. The molecule has 2 aromatic rings. The van der Waals surface area contributed by atoms with E-state index in [1.54, 1.807) is 36.3 Å². The minimum Gasteiger partial charge on any atom is -0.482 e. The summed E-state index contributed by atoms with van der Waals surface area (Å²) < 4.78 is 17.0. The van der Waals surface area contributed by atoms with Crippen molar-refractivity contribution in [3.63, 3.8) is 0 Å². The molecule has 0 aliphatic carbocycles. The molecule has 0 spiro atoms. The zero-order chi connectivity index (χ0) is 25.7. The highest BCUT2D eigenvalue weighted by Gasteiger charge is 2.33. The van der Waals surface area contributed by atoms with Gasteiger partial charge in [0.2, 0.25) is 0 Å². The number of ether oxygens (including phenoxy) is 3. The number of nitrogens with zero attached hydrogens (tertiary/aromatic N) is 2. The molecule has 0 radical (unpaired) electrons. The number of anilines is 1. The second-order valence-electron chi connectivity index (χ2n) is 8.88. The number of piperidine rings is 1. The van der Waals surface area contributed by atoms with Crippen LogP contribution in [0.25, 0.3) is 0 Å². The quantitative estimate of drug-likeness (QED) is 0.505. The highest BCUT2D eigenvalue weighted by atomic mass is 16.5. The van der Waals surface area contributed by atoms with Crippen LogP contribution < -0.4 is 9.64 Å². The average Bonchev–Trinajstić information content (AvgIpc) is 2.88. The molecule has 2 atom stereocenters. The van der Waals surface area contributed by atoms with E-state index in [2.05, 4.69) is 0 Å². The van der Waals surface area contributed by atoms with Gasteiger partial charge in [-0.2, -0.15) is 0 Å². The second kappa shape index (κ2) is 11.4. The highest BCUT2D eigenvalue weighted by Crippen LogP contribution is 2.35. The first-order chi connectivity index (χ1) is 17.4. The van der Waals surface area contributed by atoms with Gasteiger partial charge >= 0.3 is 12.1 Å². The van der Waals surface area contributed by atoms with Gasteiger partial charge in [0, 0.05) is 32.7 Å². The smallest absolute Gasteiger partial charge is 0.407 e. The molecule has 1 fully saturated rings. The molecule has 0 bridgehead atoms. The second-order valence-corrected chi connectivity index (χ2v) is 8.88. The number of fused-ring (bicyclic) bond motifs is 1. The van der Waals surface area contributed by atoms with Crippen molar-refractivity contribution in [2.24, 2.45) is 0 Å². The summed E-state index contributed by atoms with van der Waals surface area (Å²) in [5.74, 6) is -0.578. The number of benzene rings is 2. The number of amides is 2. The number of hydrogen-bond acceptors (Lipinski definition) is 6. The van der Waals surface area contributed by atoms with Crippen LogP contribution in [0.5, 0.6) is 5.75 Å². The lowest BCUT2D eigenvalue weighted by molar-refractivity contribution is -0.121. The van der Waals surface area contributed by atoms with Gasteiger partial charge < -0.3 is 34.2 Å². The molecule has 10 heteroatoms. The maximum atomic E-state index is 12.5. The van der Waals surface area contributed by atoms with Gasteiger partial charge in [0.15, 0.2) is 6.61 Å². The topological polar surface area (TPSA) is 126 Å². The predicted molar refractivity (Wildman–Crippen MR) is 130 cm³/mol. The molecular weight excluding hydrogens is 468 g/mol.